The molecule has 2 atom stereocenters. The van der Waals surface area contributed by atoms with Crippen molar-refractivity contribution in [3.63, 3.8) is 0 Å². The summed E-state index contributed by atoms with van der Waals surface area (Å²) in [6, 6.07) is 0.0459. The van der Waals surface area contributed by atoms with E-state index in [9.17, 15) is 9.90 Å². The van der Waals surface area contributed by atoms with E-state index in [0.29, 0.717) is 29.5 Å². The number of halogens is 1. The molecule has 1 amide bonds. The zero-order valence-corrected chi connectivity index (χ0v) is 13.2. The van der Waals surface area contributed by atoms with Crippen LogP contribution < -0.4 is 0 Å². The Hall–Kier alpha value is -1.11. The van der Waals surface area contributed by atoms with Crippen LogP contribution in [0.15, 0.2) is 0 Å². The average molecular weight is 313 g/mol. The number of β-amino-alcohol motifs (C(OH)–C–C–N with tert-alkyl or cyclic N) is 1. The van der Waals surface area contributed by atoms with Gasteiger partial charge in [0, 0.05) is 20.1 Å². The lowest BCUT2D eigenvalue weighted by Gasteiger charge is -2.25. The molecule has 2 unspecified atom stereocenters. The van der Waals surface area contributed by atoms with Crippen LogP contribution >= 0.6 is 11.6 Å². The maximum absolute atomic E-state index is 12.7. The largest absolute Gasteiger partial charge is 0.390 e. The van der Waals surface area contributed by atoms with Crippen LogP contribution in [-0.4, -0.2) is 68.9 Å². The number of carbonyl (C=O) groups excluding carboxylic acids is 1. The van der Waals surface area contributed by atoms with E-state index in [1.807, 2.05) is 0 Å². The summed E-state index contributed by atoms with van der Waals surface area (Å²) < 4.78 is 1.52. The van der Waals surface area contributed by atoms with Gasteiger partial charge in [0.15, 0.2) is 0 Å². The number of rotatable bonds is 2. The van der Waals surface area contributed by atoms with Gasteiger partial charge in [-0.15, -0.1) is 0 Å². The van der Waals surface area contributed by atoms with Gasteiger partial charge in [0.1, 0.15) is 5.69 Å². The van der Waals surface area contributed by atoms with Crippen LogP contribution in [0.25, 0.3) is 0 Å². The fourth-order valence-corrected chi connectivity index (χ4v) is 3.62. The second-order valence-corrected chi connectivity index (χ2v) is 6.34. The van der Waals surface area contributed by atoms with Crippen molar-refractivity contribution in [1.82, 2.24) is 19.6 Å². The summed E-state index contributed by atoms with van der Waals surface area (Å²) in [5.41, 5.74) is 1.06. The minimum absolute atomic E-state index is 0.0459. The third kappa shape index (κ3) is 2.56. The minimum atomic E-state index is -0.486. The summed E-state index contributed by atoms with van der Waals surface area (Å²) in [6.07, 6.45) is 1.86. The van der Waals surface area contributed by atoms with Crippen LogP contribution in [0.4, 0.5) is 0 Å². The number of hydrogen-bond donors (Lipinski definition) is 1. The number of nitrogens with zero attached hydrogens (tertiary/aromatic N) is 4. The molecule has 1 N–H and O–H groups in total. The molecular formula is C14H21ClN4O2. The van der Waals surface area contributed by atoms with Gasteiger partial charge in [0.2, 0.25) is 0 Å². The normalized spacial score (nSPS) is 26.8. The van der Waals surface area contributed by atoms with E-state index in [2.05, 4.69) is 10.00 Å². The second kappa shape index (κ2) is 5.59. The molecule has 21 heavy (non-hydrogen) atoms. The SMILES string of the molecule is Cc1nn(C)c(C(=O)N2CC(O)C(N3CCCC3)C2)c1Cl. The van der Waals surface area contributed by atoms with Crippen LogP contribution in [-0.2, 0) is 7.05 Å². The van der Waals surface area contributed by atoms with Crippen molar-refractivity contribution in [2.45, 2.75) is 31.9 Å². The first-order chi connectivity index (χ1) is 9.99. The molecule has 0 radical (unpaired) electrons. The Morgan fingerprint density at radius 3 is 2.57 bits per heavy atom. The van der Waals surface area contributed by atoms with E-state index < -0.39 is 6.10 Å². The van der Waals surface area contributed by atoms with E-state index in [4.69, 9.17) is 11.6 Å². The minimum Gasteiger partial charge on any atom is -0.390 e. The maximum atomic E-state index is 12.7. The van der Waals surface area contributed by atoms with E-state index >= 15 is 0 Å². The lowest BCUT2D eigenvalue weighted by atomic mass is 10.2. The average Bonchev–Trinajstić information content (AvgIpc) is 3.11. The molecule has 0 bridgehead atoms. The van der Waals surface area contributed by atoms with Crippen molar-refractivity contribution in [2.75, 3.05) is 26.2 Å². The van der Waals surface area contributed by atoms with Crippen molar-refractivity contribution in [2.24, 2.45) is 7.05 Å². The molecule has 2 fully saturated rings. The molecule has 6 nitrogen and oxygen atoms in total. The molecule has 0 aromatic carbocycles. The summed E-state index contributed by atoms with van der Waals surface area (Å²) in [5, 5.41) is 14.9. The maximum Gasteiger partial charge on any atom is 0.273 e. The van der Waals surface area contributed by atoms with Crippen molar-refractivity contribution >= 4 is 17.5 Å². The molecule has 1 aromatic heterocycles. The quantitative estimate of drug-likeness (QED) is 0.871. The van der Waals surface area contributed by atoms with Crippen LogP contribution in [0.5, 0.6) is 0 Å². The molecule has 3 heterocycles. The first-order valence-electron chi connectivity index (χ1n) is 7.39. The Balaban J connectivity index is 1.77. The van der Waals surface area contributed by atoms with E-state index in [0.717, 1.165) is 13.1 Å². The summed E-state index contributed by atoms with van der Waals surface area (Å²) in [7, 11) is 1.72. The standard InChI is InChI=1S/C14H21ClN4O2/c1-9-12(15)13(17(2)16-9)14(21)19-7-10(11(20)8-19)18-5-3-4-6-18/h10-11,20H,3-8H2,1-2H3. The molecule has 0 aliphatic carbocycles. The smallest absolute Gasteiger partial charge is 0.273 e. The van der Waals surface area contributed by atoms with Crippen LogP contribution in [0.2, 0.25) is 5.02 Å². The lowest BCUT2D eigenvalue weighted by Crippen LogP contribution is -2.41. The number of amides is 1. The monoisotopic (exact) mass is 312 g/mol. The molecular weight excluding hydrogens is 292 g/mol. The first-order valence-corrected chi connectivity index (χ1v) is 7.77. The molecule has 0 saturated carbocycles. The highest BCUT2D eigenvalue weighted by Gasteiger charge is 2.39. The number of aliphatic hydroxyl groups is 1. The third-order valence-electron chi connectivity index (χ3n) is 4.51. The summed E-state index contributed by atoms with van der Waals surface area (Å²) >= 11 is 6.18. The number of hydrogen-bond acceptors (Lipinski definition) is 4. The van der Waals surface area contributed by atoms with E-state index in [1.54, 1.807) is 18.9 Å². The molecule has 2 aliphatic heterocycles. The fourth-order valence-electron chi connectivity index (χ4n) is 3.38. The summed E-state index contributed by atoms with van der Waals surface area (Å²) in [6.45, 7) is 4.72. The molecule has 2 aliphatic rings. The number of aryl methyl sites for hydroxylation is 2. The third-order valence-corrected chi connectivity index (χ3v) is 4.96. The van der Waals surface area contributed by atoms with Crippen LogP contribution in [0.1, 0.15) is 29.0 Å². The van der Waals surface area contributed by atoms with Gasteiger partial charge in [0.25, 0.3) is 5.91 Å². The highest BCUT2D eigenvalue weighted by molar-refractivity contribution is 6.34. The van der Waals surface area contributed by atoms with Gasteiger partial charge in [-0.25, -0.2) is 0 Å². The zero-order chi connectivity index (χ0) is 15.1. The lowest BCUT2D eigenvalue weighted by molar-refractivity contribution is 0.0753. The predicted octanol–water partition coefficient (Wildman–Crippen LogP) is 0.663. The Kier molecular flexibility index (Phi) is 3.94. The molecule has 7 heteroatoms. The highest BCUT2D eigenvalue weighted by Crippen LogP contribution is 2.25. The van der Waals surface area contributed by atoms with Crippen molar-refractivity contribution < 1.29 is 9.90 Å². The Labute approximate surface area is 129 Å². The van der Waals surface area contributed by atoms with Gasteiger partial charge < -0.3 is 10.0 Å². The van der Waals surface area contributed by atoms with Gasteiger partial charge >= 0.3 is 0 Å². The van der Waals surface area contributed by atoms with Gasteiger partial charge in [-0.05, 0) is 32.9 Å². The van der Waals surface area contributed by atoms with Crippen molar-refractivity contribution in [1.29, 1.82) is 0 Å². The predicted molar refractivity (Wildman–Crippen MR) is 79.5 cm³/mol. The van der Waals surface area contributed by atoms with Gasteiger partial charge in [0.05, 0.1) is 22.9 Å². The second-order valence-electron chi connectivity index (χ2n) is 5.96. The molecule has 116 valence electrons. The summed E-state index contributed by atoms with van der Waals surface area (Å²) in [4.78, 5) is 16.6. The van der Waals surface area contributed by atoms with E-state index in [1.165, 1.54) is 17.5 Å². The highest BCUT2D eigenvalue weighted by atomic mass is 35.5. The molecule has 3 rings (SSSR count). The van der Waals surface area contributed by atoms with Crippen LogP contribution in [0, 0.1) is 6.92 Å². The Bertz CT molecular complexity index is 553. The molecule has 0 spiro atoms. The number of carbonyl (C=O) groups is 1. The van der Waals surface area contributed by atoms with Crippen LogP contribution in [0.3, 0.4) is 0 Å². The zero-order valence-electron chi connectivity index (χ0n) is 12.4. The summed E-state index contributed by atoms with van der Waals surface area (Å²) in [5.74, 6) is -0.149. The Morgan fingerprint density at radius 2 is 2.00 bits per heavy atom. The Morgan fingerprint density at radius 1 is 1.33 bits per heavy atom. The van der Waals surface area contributed by atoms with Gasteiger partial charge in [-0.2, -0.15) is 5.10 Å². The van der Waals surface area contributed by atoms with Crippen molar-refractivity contribution in [3.8, 4) is 0 Å². The molecule has 1 aromatic rings. The topological polar surface area (TPSA) is 61.6 Å². The number of aromatic nitrogens is 2. The fraction of sp³-hybridized carbons (Fsp3) is 0.714. The number of likely N-dealkylation sites (tertiary alicyclic amines) is 2. The van der Waals surface area contributed by atoms with Gasteiger partial charge in [-0.1, -0.05) is 11.6 Å². The van der Waals surface area contributed by atoms with E-state index in [-0.39, 0.29) is 11.9 Å². The molecule has 2 saturated heterocycles. The van der Waals surface area contributed by atoms with Gasteiger partial charge in [-0.3, -0.25) is 14.4 Å². The van der Waals surface area contributed by atoms with Crippen molar-refractivity contribution in [3.05, 3.63) is 16.4 Å². The first kappa shape index (κ1) is 14.8. The number of aliphatic hydroxyl groups excluding tert-OH is 1.